The normalized spacial score (nSPS) is 10.5. The lowest BCUT2D eigenvalue weighted by atomic mass is 10.2. The zero-order valence-corrected chi connectivity index (χ0v) is 15.1. The predicted octanol–water partition coefficient (Wildman–Crippen LogP) is 2.84. The van der Waals surface area contributed by atoms with Crippen LogP contribution in [0.3, 0.4) is 0 Å². The summed E-state index contributed by atoms with van der Waals surface area (Å²) in [7, 11) is 3.16. The predicted molar refractivity (Wildman–Crippen MR) is 102 cm³/mol. The van der Waals surface area contributed by atoms with E-state index in [1.54, 1.807) is 49.4 Å². The Hall–Kier alpha value is -4.19. The third-order valence-corrected chi connectivity index (χ3v) is 4.02. The van der Waals surface area contributed by atoms with Gasteiger partial charge in [-0.15, -0.1) is 5.10 Å². The summed E-state index contributed by atoms with van der Waals surface area (Å²) >= 11 is 0. The van der Waals surface area contributed by atoms with Crippen molar-refractivity contribution in [3.8, 4) is 23.3 Å². The van der Waals surface area contributed by atoms with E-state index in [1.165, 1.54) is 0 Å². The first-order valence-corrected chi connectivity index (χ1v) is 8.29. The Kier molecular flexibility index (Phi) is 4.43. The van der Waals surface area contributed by atoms with Crippen LogP contribution in [0.5, 0.6) is 11.5 Å². The highest BCUT2D eigenvalue weighted by atomic mass is 16.5. The molecule has 0 aliphatic rings. The molecule has 2 aromatic carbocycles. The van der Waals surface area contributed by atoms with Crippen LogP contribution >= 0.6 is 0 Å². The molecule has 0 atom stereocenters. The van der Waals surface area contributed by atoms with Crippen LogP contribution < -0.4 is 14.8 Å². The number of methoxy groups -OCH3 is 2. The molecule has 138 valence electrons. The Morgan fingerprint density at radius 3 is 2.57 bits per heavy atom. The molecular weight excluding hydrogens is 358 g/mol. The summed E-state index contributed by atoms with van der Waals surface area (Å²) in [5, 5.41) is 20.4. The molecule has 0 saturated heterocycles. The first kappa shape index (κ1) is 17.2. The maximum absolute atomic E-state index is 9.04. The summed E-state index contributed by atoms with van der Waals surface area (Å²) in [6.45, 7) is 0. The molecule has 0 aliphatic carbocycles. The third-order valence-electron chi connectivity index (χ3n) is 4.02. The summed E-state index contributed by atoms with van der Waals surface area (Å²) in [4.78, 5) is 8.79. The highest BCUT2D eigenvalue weighted by Crippen LogP contribution is 2.26. The summed E-state index contributed by atoms with van der Waals surface area (Å²) in [5.41, 5.74) is 3.00. The van der Waals surface area contributed by atoms with Crippen molar-refractivity contribution in [3.63, 3.8) is 0 Å². The monoisotopic (exact) mass is 373 g/mol. The fraction of sp³-hybridized carbons (Fsp3) is 0.105. The SMILES string of the molecule is COc1cc(OC)cc(-n2nnc3cnc(Nc4cccc(C#N)c4)nc32)c1. The maximum Gasteiger partial charge on any atom is 0.229 e. The largest absolute Gasteiger partial charge is 0.497 e. The third kappa shape index (κ3) is 3.26. The number of nitrogens with zero attached hydrogens (tertiary/aromatic N) is 6. The van der Waals surface area contributed by atoms with E-state index in [9.17, 15) is 0 Å². The molecule has 1 N–H and O–H groups in total. The first-order valence-electron chi connectivity index (χ1n) is 8.29. The minimum absolute atomic E-state index is 0.362. The number of benzene rings is 2. The number of fused-ring (bicyclic) bond motifs is 1. The number of rotatable bonds is 5. The van der Waals surface area contributed by atoms with Crippen molar-refractivity contribution >= 4 is 22.8 Å². The van der Waals surface area contributed by atoms with Crippen LogP contribution in [-0.2, 0) is 0 Å². The van der Waals surface area contributed by atoms with Crippen LogP contribution in [0.1, 0.15) is 5.56 Å². The van der Waals surface area contributed by atoms with Crippen LogP contribution in [0.4, 0.5) is 11.6 Å². The van der Waals surface area contributed by atoms with Crippen molar-refractivity contribution < 1.29 is 9.47 Å². The Bertz CT molecular complexity index is 1170. The molecule has 9 nitrogen and oxygen atoms in total. The van der Waals surface area contributed by atoms with Gasteiger partial charge in [-0.3, -0.25) is 0 Å². The van der Waals surface area contributed by atoms with Gasteiger partial charge in [-0.25, -0.2) is 4.98 Å². The molecule has 0 spiro atoms. The number of aromatic nitrogens is 5. The minimum atomic E-state index is 0.362. The molecule has 0 fully saturated rings. The van der Waals surface area contributed by atoms with E-state index in [2.05, 4.69) is 31.7 Å². The van der Waals surface area contributed by atoms with Crippen molar-refractivity contribution in [2.45, 2.75) is 0 Å². The summed E-state index contributed by atoms with van der Waals surface area (Å²) in [6, 6.07) is 14.5. The van der Waals surface area contributed by atoms with E-state index in [0.29, 0.717) is 45.5 Å². The smallest absolute Gasteiger partial charge is 0.229 e. The lowest BCUT2D eigenvalue weighted by Gasteiger charge is -2.09. The highest BCUT2D eigenvalue weighted by Gasteiger charge is 2.13. The van der Waals surface area contributed by atoms with E-state index in [-0.39, 0.29) is 0 Å². The number of hydrogen-bond acceptors (Lipinski definition) is 8. The van der Waals surface area contributed by atoms with E-state index in [4.69, 9.17) is 14.7 Å². The fourth-order valence-electron chi connectivity index (χ4n) is 2.67. The Morgan fingerprint density at radius 1 is 1.07 bits per heavy atom. The summed E-state index contributed by atoms with van der Waals surface area (Å²) in [5.74, 6) is 1.61. The molecule has 28 heavy (non-hydrogen) atoms. The summed E-state index contributed by atoms with van der Waals surface area (Å²) in [6.07, 6.45) is 1.58. The average Bonchev–Trinajstić information content (AvgIpc) is 3.16. The van der Waals surface area contributed by atoms with Crippen LogP contribution in [0.15, 0.2) is 48.7 Å². The zero-order chi connectivity index (χ0) is 19.5. The molecule has 4 rings (SSSR count). The van der Waals surface area contributed by atoms with Crippen LogP contribution in [0.25, 0.3) is 16.9 Å². The quantitative estimate of drug-likeness (QED) is 0.568. The van der Waals surface area contributed by atoms with Gasteiger partial charge in [-0.2, -0.15) is 14.9 Å². The van der Waals surface area contributed by atoms with Crippen molar-refractivity contribution in [3.05, 3.63) is 54.2 Å². The number of nitrogens with one attached hydrogen (secondary N) is 1. The van der Waals surface area contributed by atoms with Gasteiger partial charge in [-0.1, -0.05) is 11.3 Å². The molecule has 2 heterocycles. The second kappa shape index (κ2) is 7.20. The Labute approximate surface area is 160 Å². The zero-order valence-electron chi connectivity index (χ0n) is 15.1. The number of hydrogen-bond donors (Lipinski definition) is 1. The fourth-order valence-corrected chi connectivity index (χ4v) is 2.67. The van der Waals surface area contributed by atoms with Crippen LogP contribution in [0.2, 0.25) is 0 Å². The number of ether oxygens (including phenoxy) is 2. The lowest BCUT2D eigenvalue weighted by molar-refractivity contribution is 0.394. The van der Waals surface area contributed by atoms with Gasteiger partial charge < -0.3 is 14.8 Å². The van der Waals surface area contributed by atoms with Crippen molar-refractivity contribution in [2.24, 2.45) is 0 Å². The topological polar surface area (TPSA) is 111 Å². The molecule has 0 radical (unpaired) electrons. The van der Waals surface area contributed by atoms with Crippen LogP contribution in [0, 0.1) is 11.3 Å². The second-order valence-corrected chi connectivity index (χ2v) is 5.79. The van der Waals surface area contributed by atoms with Crippen LogP contribution in [-0.4, -0.2) is 39.2 Å². The van der Waals surface area contributed by atoms with Gasteiger partial charge in [0, 0.05) is 23.9 Å². The minimum Gasteiger partial charge on any atom is -0.497 e. The van der Waals surface area contributed by atoms with Gasteiger partial charge in [-0.05, 0) is 18.2 Å². The van der Waals surface area contributed by atoms with Crippen molar-refractivity contribution in [2.75, 3.05) is 19.5 Å². The van der Waals surface area contributed by atoms with Gasteiger partial charge in [0.1, 0.15) is 11.5 Å². The van der Waals surface area contributed by atoms with Gasteiger partial charge >= 0.3 is 0 Å². The van der Waals surface area contributed by atoms with E-state index in [1.807, 2.05) is 18.2 Å². The summed E-state index contributed by atoms with van der Waals surface area (Å²) < 4.78 is 12.2. The lowest BCUT2D eigenvalue weighted by Crippen LogP contribution is -2.02. The number of nitriles is 1. The van der Waals surface area contributed by atoms with E-state index in [0.717, 1.165) is 0 Å². The Balaban J connectivity index is 1.75. The van der Waals surface area contributed by atoms with Gasteiger partial charge in [0.2, 0.25) is 5.95 Å². The highest BCUT2D eigenvalue weighted by molar-refractivity contribution is 5.73. The van der Waals surface area contributed by atoms with Crippen molar-refractivity contribution in [1.29, 1.82) is 5.26 Å². The second-order valence-electron chi connectivity index (χ2n) is 5.79. The Morgan fingerprint density at radius 2 is 1.86 bits per heavy atom. The number of anilines is 2. The van der Waals surface area contributed by atoms with Gasteiger partial charge in [0.25, 0.3) is 0 Å². The molecule has 0 amide bonds. The van der Waals surface area contributed by atoms with Crippen molar-refractivity contribution in [1.82, 2.24) is 25.0 Å². The molecule has 0 aliphatic heterocycles. The standard InChI is InChI=1S/C19H15N7O2/c1-27-15-7-14(8-16(9-15)28-2)26-18-17(24-25-26)11-21-19(23-18)22-13-5-3-4-12(6-13)10-20/h3-9,11H,1-2H3,(H,21,22,23). The van der Waals surface area contributed by atoms with E-state index >= 15 is 0 Å². The molecule has 0 bridgehead atoms. The molecule has 0 saturated carbocycles. The van der Waals surface area contributed by atoms with Gasteiger partial charge in [0.15, 0.2) is 11.2 Å². The molecule has 4 aromatic rings. The molecular formula is C19H15N7O2. The first-order chi connectivity index (χ1) is 13.7. The molecule has 2 aromatic heterocycles. The maximum atomic E-state index is 9.04. The van der Waals surface area contributed by atoms with E-state index < -0.39 is 0 Å². The van der Waals surface area contributed by atoms with Gasteiger partial charge in [0.05, 0.1) is 37.7 Å². The average molecular weight is 373 g/mol. The molecule has 0 unspecified atom stereocenters. The molecule has 9 heteroatoms.